The van der Waals surface area contributed by atoms with Gasteiger partial charge in [-0.1, -0.05) is 13.3 Å². The number of rotatable bonds is 9. The second-order valence-electron chi connectivity index (χ2n) is 5.62. The van der Waals surface area contributed by atoms with Gasteiger partial charge in [0.05, 0.1) is 0 Å². The molecule has 1 saturated carbocycles. The van der Waals surface area contributed by atoms with E-state index in [1.165, 1.54) is 25.7 Å². The Labute approximate surface area is 121 Å². The highest BCUT2D eigenvalue weighted by atomic mass is 16.5. The molecule has 0 spiro atoms. The lowest BCUT2D eigenvalue weighted by molar-refractivity contribution is 0.178. The number of methoxy groups -OCH3 is 1. The van der Waals surface area contributed by atoms with Gasteiger partial charge in [-0.3, -0.25) is 0 Å². The van der Waals surface area contributed by atoms with Gasteiger partial charge in [0, 0.05) is 26.3 Å². The van der Waals surface area contributed by atoms with Crippen LogP contribution in [0.3, 0.4) is 0 Å². The third-order valence-electron chi connectivity index (χ3n) is 3.79. The molecule has 2 N–H and O–H groups in total. The average molecular weight is 278 g/mol. The fourth-order valence-corrected chi connectivity index (χ4v) is 2.55. The Morgan fingerprint density at radius 3 is 2.45 bits per heavy atom. The van der Waals surface area contributed by atoms with Crippen molar-refractivity contribution in [1.29, 1.82) is 0 Å². The number of anilines is 2. The van der Waals surface area contributed by atoms with E-state index in [-0.39, 0.29) is 0 Å². The molecule has 1 aromatic heterocycles. The molecule has 1 fully saturated rings. The topological polar surface area (TPSA) is 59.1 Å². The standard InChI is InChI=1S/C15H26N4O/c1-4-6-15(7-8-15)11-17-13-9-12(16-5-2)18-14(19-13)10-20-3/h9H,4-8,10-11H2,1-3H3,(H2,16,17,18,19). The summed E-state index contributed by atoms with van der Waals surface area (Å²) in [6.07, 6.45) is 5.23. The van der Waals surface area contributed by atoms with Crippen LogP contribution in [0.5, 0.6) is 0 Å². The maximum absolute atomic E-state index is 5.13. The summed E-state index contributed by atoms with van der Waals surface area (Å²) in [4.78, 5) is 8.93. The monoisotopic (exact) mass is 278 g/mol. The quantitative estimate of drug-likeness (QED) is 0.727. The summed E-state index contributed by atoms with van der Waals surface area (Å²) < 4.78 is 5.13. The maximum Gasteiger partial charge on any atom is 0.158 e. The first kappa shape index (κ1) is 15.0. The van der Waals surface area contributed by atoms with E-state index in [2.05, 4.69) is 34.4 Å². The first-order valence-corrected chi connectivity index (χ1v) is 7.56. The van der Waals surface area contributed by atoms with E-state index in [0.29, 0.717) is 17.8 Å². The number of aromatic nitrogens is 2. The van der Waals surface area contributed by atoms with Crippen LogP contribution >= 0.6 is 0 Å². The third-order valence-corrected chi connectivity index (χ3v) is 3.79. The van der Waals surface area contributed by atoms with Gasteiger partial charge in [0.15, 0.2) is 5.82 Å². The molecule has 2 rings (SSSR count). The van der Waals surface area contributed by atoms with Crippen LogP contribution in [-0.4, -0.2) is 30.2 Å². The van der Waals surface area contributed by atoms with Gasteiger partial charge < -0.3 is 15.4 Å². The highest BCUT2D eigenvalue weighted by Crippen LogP contribution is 2.49. The molecule has 0 atom stereocenters. The third kappa shape index (κ3) is 4.07. The van der Waals surface area contributed by atoms with Gasteiger partial charge in [-0.05, 0) is 31.6 Å². The smallest absolute Gasteiger partial charge is 0.158 e. The molecule has 1 aliphatic carbocycles. The van der Waals surface area contributed by atoms with Crippen LogP contribution in [0, 0.1) is 5.41 Å². The molecule has 1 aliphatic rings. The van der Waals surface area contributed by atoms with E-state index in [1.807, 2.05) is 6.07 Å². The van der Waals surface area contributed by atoms with E-state index < -0.39 is 0 Å². The van der Waals surface area contributed by atoms with Crippen molar-refractivity contribution in [2.45, 2.75) is 46.1 Å². The first-order valence-electron chi connectivity index (χ1n) is 7.56. The Morgan fingerprint density at radius 2 is 1.90 bits per heavy atom. The fraction of sp³-hybridized carbons (Fsp3) is 0.733. The molecule has 1 aromatic rings. The predicted molar refractivity (Wildman–Crippen MR) is 82.0 cm³/mol. The van der Waals surface area contributed by atoms with Crippen molar-refractivity contribution in [3.63, 3.8) is 0 Å². The van der Waals surface area contributed by atoms with Gasteiger partial charge in [0.1, 0.15) is 18.2 Å². The molecule has 0 saturated heterocycles. The number of nitrogens with one attached hydrogen (secondary N) is 2. The second-order valence-corrected chi connectivity index (χ2v) is 5.62. The fourth-order valence-electron chi connectivity index (χ4n) is 2.55. The minimum Gasteiger partial charge on any atom is -0.377 e. The van der Waals surface area contributed by atoms with Crippen LogP contribution in [0.2, 0.25) is 0 Å². The lowest BCUT2D eigenvalue weighted by Gasteiger charge is -2.16. The predicted octanol–water partition coefficient (Wildman–Crippen LogP) is 3.05. The number of nitrogens with zero attached hydrogens (tertiary/aromatic N) is 2. The molecular weight excluding hydrogens is 252 g/mol. The lowest BCUT2D eigenvalue weighted by atomic mass is 10.0. The molecule has 0 aromatic carbocycles. The van der Waals surface area contributed by atoms with Gasteiger partial charge in [0.2, 0.25) is 0 Å². The molecule has 0 bridgehead atoms. The molecule has 0 unspecified atom stereocenters. The van der Waals surface area contributed by atoms with E-state index >= 15 is 0 Å². The van der Waals surface area contributed by atoms with Crippen LogP contribution in [0.25, 0.3) is 0 Å². The SMILES string of the molecule is CCCC1(CNc2cc(NCC)nc(COC)n2)CC1. The molecule has 0 aliphatic heterocycles. The maximum atomic E-state index is 5.13. The van der Waals surface area contributed by atoms with Crippen LogP contribution in [0.1, 0.15) is 45.4 Å². The van der Waals surface area contributed by atoms with Crippen LogP contribution in [0.4, 0.5) is 11.6 Å². The number of hydrogen-bond acceptors (Lipinski definition) is 5. The molecule has 1 heterocycles. The summed E-state index contributed by atoms with van der Waals surface area (Å²) in [6.45, 7) is 6.61. The van der Waals surface area contributed by atoms with Crippen molar-refractivity contribution in [2.75, 3.05) is 30.8 Å². The Kier molecular flexibility index (Phi) is 5.17. The summed E-state index contributed by atoms with van der Waals surface area (Å²) >= 11 is 0. The Balaban J connectivity index is 2.02. The molecule has 112 valence electrons. The van der Waals surface area contributed by atoms with Crippen LogP contribution in [-0.2, 0) is 11.3 Å². The molecule has 0 amide bonds. The number of hydrogen-bond donors (Lipinski definition) is 2. The van der Waals surface area contributed by atoms with E-state index in [1.54, 1.807) is 7.11 Å². The van der Waals surface area contributed by atoms with Crippen molar-refractivity contribution in [3.05, 3.63) is 11.9 Å². The van der Waals surface area contributed by atoms with Crippen LogP contribution in [0.15, 0.2) is 6.07 Å². The highest BCUT2D eigenvalue weighted by molar-refractivity contribution is 5.47. The van der Waals surface area contributed by atoms with Gasteiger partial charge >= 0.3 is 0 Å². The number of ether oxygens (including phenoxy) is 1. The van der Waals surface area contributed by atoms with Crippen molar-refractivity contribution in [2.24, 2.45) is 5.41 Å². The van der Waals surface area contributed by atoms with Crippen molar-refractivity contribution < 1.29 is 4.74 Å². The normalized spacial score (nSPS) is 15.9. The minimum atomic E-state index is 0.439. The summed E-state index contributed by atoms with van der Waals surface area (Å²) in [7, 11) is 1.66. The van der Waals surface area contributed by atoms with Gasteiger partial charge in [-0.25, -0.2) is 9.97 Å². The summed E-state index contributed by atoms with van der Waals surface area (Å²) in [5, 5.41) is 6.72. The Bertz CT molecular complexity index is 408. The van der Waals surface area contributed by atoms with E-state index in [0.717, 1.165) is 24.7 Å². The Morgan fingerprint density at radius 1 is 1.20 bits per heavy atom. The first-order chi connectivity index (χ1) is 9.71. The lowest BCUT2D eigenvalue weighted by Crippen LogP contribution is -2.17. The van der Waals surface area contributed by atoms with Gasteiger partial charge in [-0.15, -0.1) is 0 Å². The van der Waals surface area contributed by atoms with Crippen molar-refractivity contribution in [1.82, 2.24) is 9.97 Å². The van der Waals surface area contributed by atoms with Crippen molar-refractivity contribution >= 4 is 11.6 Å². The zero-order chi connectivity index (χ0) is 14.4. The molecular formula is C15H26N4O. The largest absolute Gasteiger partial charge is 0.377 e. The molecule has 0 radical (unpaired) electrons. The zero-order valence-corrected chi connectivity index (χ0v) is 12.8. The zero-order valence-electron chi connectivity index (χ0n) is 12.8. The van der Waals surface area contributed by atoms with Crippen molar-refractivity contribution in [3.8, 4) is 0 Å². The summed E-state index contributed by atoms with van der Waals surface area (Å²) in [5.41, 5.74) is 0.513. The second kappa shape index (κ2) is 6.88. The molecule has 5 nitrogen and oxygen atoms in total. The molecule has 20 heavy (non-hydrogen) atoms. The van der Waals surface area contributed by atoms with Gasteiger partial charge in [0.25, 0.3) is 0 Å². The van der Waals surface area contributed by atoms with Gasteiger partial charge in [-0.2, -0.15) is 0 Å². The molecule has 5 heteroatoms. The minimum absolute atomic E-state index is 0.439. The van der Waals surface area contributed by atoms with E-state index in [4.69, 9.17) is 4.74 Å². The summed E-state index contributed by atoms with van der Waals surface area (Å²) in [5.74, 6) is 2.47. The van der Waals surface area contributed by atoms with E-state index in [9.17, 15) is 0 Å². The highest BCUT2D eigenvalue weighted by Gasteiger charge is 2.41. The van der Waals surface area contributed by atoms with Crippen LogP contribution < -0.4 is 10.6 Å². The average Bonchev–Trinajstić information content (AvgIpc) is 3.18. The summed E-state index contributed by atoms with van der Waals surface area (Å²) in [6, 6.07) is 1.98. The Hall–Kier alpha value is -1.36.